The standard InChI is InChI=1S/C21H25N3O2/c1-16(15-24-10-12-26-13-11-24)18-8-6-17(7-9-18)14-21(25)23-20-5-3-2-4-19(20)22/h2-9H,1,10-15,22H2,(H,23,25). The van der Waals surface area contributed by atoms with E-state index in [0.717, 1.165) is 49.5 Å². The van der Waals surface area contributed by atoms with Crippen LogP contribution < -0.4 is 11.1 Å². The minimum Gasteiger partial charge on any atom is -0.397 e. The van der Waals surface area contributed by atoms with Crippen LogP contribution in [0.2, 0.25) is 0 Å². The fourth-order valence-electron chi connectivity index (χ4n) is 2.97. The first-order chi connectivity index (χ1) is 12.6. The van der Waals surface area contributed by atoms with Crippen molar-refractivity contribution in [2.24, 2.45) is 0 Å². The Morgan fingerprint density at radius 1 is 1.12 bits per heavy atom. The molecule has 0 unspecified atom stereocenters. The zero-order valence-electron chi connectivity index (χ0n) is 14.9. The molecule has 0 radical (unpaired) electrons. The van der Waals surface area contributed by atoms with Crippen LogP contribution in [0.3, 0.4) is 0 Å². The van der Waals surface area contributed by atoms with Gasteiger partial charge >= 0.3 is 0 Å². The number of amides is 1. The summed E-state index contributed by atoms with van der Waals surface area (Å²) in [7, 11) is 0. The van der Waals surface area contributed by atoms with Crippen LogP contribution in [0.5, 0.6) is 0 Å². The maximum Gasteiger partial charge on any atom is 0.228 e. The molecular weight excluding hydrogens is 326 g/mol. The van der Waals surface area contributed by atoms with E-state index in [1.165, 1.54) is 0 Å². The molecule has 1 aliphatic heterocycles. The number of nitrogens with zero attached hydrogens (tertiary/aromatic N) is 1. The van der Waals surface area contributed by atoms with Gasteiger partial charge in [-0.25, -0.2) is 0 Å². The highest BCUT2D eigenvalue weighted by atomic mass is 16.5. The molecule has 1 saturated heterocycles. The predicted molar refractivity (Wildman–Crippen MR) is 106 cm³/mol. The van der Waals surface area contributed by atoms with E-state index < -0.39 is 0 Å². The Bertz CT molecular complexity index is 765. The van der Waals surface area contributed by atoms with Crippen LogP contribution in [-0.2, 0) is 16.0 Å². The molecule has 1 aliphatic rings. The molecule has 0 spiro atoms. The maximum absolute atomic E-state index is 12.2. The van der Waals surface area contributed by atoms with Gasteiger partial charge in [-0.3, -0.25) is 9.69 Å². The Labute approximate surface area is 154 Å². The Balaban J connectivity index is 1.54. The van der Waals surface area contributed by atoms with Crippen LogP contribution in [0, 0.1) is 0 Å². The molecule has 2 aromatic rings. The highest BCUT2D eigenvalue weighted by Crippen LogP contribution is 2.18. The normalized spacial score (nSPS) is 14.8. The quantitative estimate of drug-likeness (QED) is 0.786. The highest BCUT2D eigenvalue weighted by Gasteiger charge is 2.12. The Hall–Kier alpha value is -2.63. The summed E-state index contributed by atoms with van der Waals surface area (Å²) in [5.74, 6) is -0.0807. The second-order valence-corrected chi connectivity index (χ2v) is 6.50. The van der Waals surface area contributed by atoms with Gasteiger partial charge in [0.15, 0.2) is 0 Å². The van der Waals surface area contributed by atoms with Gasteiger partial charge in [0.25, 0.3) is 0 Å². The van der Waals surface area contributed by atoms with Gasteiger partial charge in [0, 0.05) is 19.6 Å². The summed E-state index contributed by atoms with van der Waals surface area (Å²) in [6.07, 6.45) is 0.310. The van der Waals surface area contributed by atoms with Gasteiger partial charge in [0.2, 0.25) is 5.91 Å². The van der Waals surface area contributed by atoms with E-state index in [2.05, 4.69) is 16.8 Å². The molecule has 0 aromatic heterocycles. The lowest BCUT2D eigenvalue weighted by atomic mass is 10.0. The average molecular weight is 351 g/mol. The van der Waals surface area contributed by atoms with E-state index in [0.29, 0.717) is 17.8 Å². The molecule has 3 rings (SSSR count). The number of carbonyl (C=O) groups is 1. The lowest BCUT2D eigenvalue weighted by Crippen LogP contribution is -2.37. The fraction of sp³-hybridized carbons (Fsp3) is 0.286. The van der Waals surface area contributed by atoms with Gasteiger partial charge in [0.1, 0.15) is 0 Å². The number of nitrogens with one attached hydrogen (secondary N) is 1. The number of hydrogen-bond acceptors (Lipinski definition) is 4. The smallest absolute Gasteiger partial charge is 0.228 e. The third kappa shape index (κ3) is 4.94. The zero-order chi connectivity index (χ0) is 18.4. The molecule has 1 heterocycles. The second kappa shape index (κ2) is 8.65. The van der Waals surface area contributed by atoms with Crippen molar-refractivity contribution in [2.75, 3.05) is 43.9 Å². The second-order valence-electron chi connectivity index (χ2n) is 6.50. The van der Waals surface area contributed by atoms with Gasteiger partial charge in [-0.15, -0.1) is 0 Å². The maximum atomic E-state index is 12.2. The summed E-state index contributed by atoms with van der Waals surface area (Å²) < 4.78 is 5.37. The minimum absolute atomic E-state index is 0.0807. The van der Waals surface area contributed by atoms with E-state index in [9.17, 15) is 4.79 Å². The van der Waals surface area contributed by atoms with E-state index in [4.69, 9.17) is 10.5 Å². The summed E-state index contributed by atoms with van der Waals surface area (Å²) in [5, 5.41) is 2.85. The van der Waals surface area contributed by atoms with E-state index in [1.54, 1.807) is 12.1 Å². The number of ether oxygens (including phenoxy) is 1. The molecule has 0 saturated carbocycles. The Kier molecular flexibility index (Phi) is 6.04. The van der Waals surface area contributed by atoms with Crippen LogP contribution in [0.1, 0.15) is 11.1 Å². The topological polar surface area (TPSA) is 67.6 Å². The van der Waals surface area contributed by atoms with Crippen molar-refractivity contribution in [1.29, 1.82) is 0 Å². The zero-order valence-corrected chi connectivity index (χ0v) is 14.9. The van der Waals surface area contributed by atoms with Crippen molar-refractivity contribution in [3.63, 3.8) is 0 Å². The monoisotopic (exact) mass is 351 g/mol. The first-order valence-corrected chi connectivity index (χ1v) is 8.83. The molecule has 26 heavy (non-hydrogen) atoms. The van der Waals surface area contributed by atoms with Crippen molar-refractivity contribution >= 4 is 22.9 Å². The number of carbonyl (C=O) groups excluding carboxylic acids is 1. The van der Waals surface area contributed by atoms with Gasteiger partial charge < -0.3 is 15.8 Å². The van der Waals surface area contributed by atoms with Crippen LogP contribution >= 0.6 is 0 Å². The van der Waals surface area contributed by atoms with Crippen molar-refractivity contribution in [1.82, 2.24) is 4.90 Å². The number of morpholine rings is 1. The van der Waals surface area contributed by atoms with Crippen LogP contribution in [-0.4, -0.2) is 43.7 Å². The predicted octanol–water partition coefficient (Wildman–Crippen LogP) is 2.80. The summed E-state index contributed by atoms with van der Waals surface area (Å²) in [4.78, 5) is 14.6. The first-order valence-electron chi connectivity index (χ1n) is 8.83. The number of nitrogens with two attached hydrogens (primary N) is 1. The first kappa shape index (κ1) is 18.2. The lowest BCUT2D eigenvalue weighted by molar-refractivity contribution is -0.115. The van der Waals surface area contributed by atoms with E-state index >= 15 is 0 Å². The van der Waals surface area contributed by atoms with E-state index in [-0.39, 0.29) is 5.91 Å². The molecule has 3 N–H and O–H groups in total. The van der Waals surface area contributed by atoms with E-state index in [1.807, 2.05) is 36.4 Å². The van der Waals surface area contributed by atoms with Crippen molar-refractivity contribution < 1.29 is 9.53 Å². The lowest BCUT2D eigenvalue weighted by Gasteiger charge is -2.27. The summed E-state index contributed by atoms with van der Waals surface area (Å²) in [5.41, 5.74) is 10.2. The molecule has 2 aromatic carbocycles. The Morgan fingerprint density at radius 3 is 2.50 bits per heavy atom. The molecule has 0 atom stereocenters. The molecule has 136 valence electrons. The molecule has 0 aliphatic carbocycles. The van der Waals surface area contributed by atoms with Crippen LogP contribution in [0.25, 0.3) is 5.57 Å². The third-order valence-electron chi connectivity index (χ3n) is 4.48. The SMILES string of the molecule is C=C(CN1CCOCC1)c1ccc(CC(=O)Nc2ccccc2N)cc1. The molecule has 1 amide bonds. The summed E-state index contributed by atoms with van der Waals surface area (Å²) >= 11 is 0. The molecular formula is C21H25N3O2. The summed E-state index contributed by atoms with van der Waals surface area (Å²) in [6.45, 7) is 8.50. The molecule has 0 bridgehead atoms. The van der Waals surface area contributed by atoms with Crippen molar-refractivity contribution in [3.8, 4) is 0 Å². The van der Waals surface area contributed by atoms with Gasteiger partial charge in [-0.1, -0.05) is 43.0 Å². The number of benzene rings is 2. The van der Waals surface area contributed by atoms with Gasteiger partial charge in [0.05, 0.1) is 31.0 Å². The van der Waals surface area contributed by atoms with Crippen LogP contribution in [0.15, 0.2) is 55.1 Å². The Morgan fingerprint density at radius 2 is 1.81 bits per heavy atom. The van der Waals surface area contributed by atoms with Crippen molar-refractivity contribution in [2.45, 2.75) is 6.42 Å². The average Bonchev–Trinajstić information content (AvgIpc) is 2.65. The largest absolute Gasteiger partial charge is 0.397 e. The third-order valence-corrected chi connectivity index (χ3v) is 4.48. The van der Waals surface area contributed by atoms with Gasteiger partial charge in [-0.05, 0) is 28.8 Å². The van der Waals surface area contributed by atoms with Crippen LogP contribution in [0.4, 0.5) is 11.4 Å². The number of anilines is 2. The number of hydrogen-bond donors (Lipinski definition) is 2. The van der Waals surface area contributed by atoms with Crippen molar-refractivity contribution in [3.05, 3.63) is 66.2 Å². The van der Waals surface area contributed by atoms with Gasteiger partial charge in [-0.2, -0.15) is 0 Å². The number of rotatable bonds is 6. The molecule has 5 nitrogen and oxygen atoms in total. The number of para-hydroxylation sites is 2. The fourth-order valence-corrected chi connectivity index (χ4v) is 2.97. The summed E-state index contributed by atoms with van der Waals surface area (Å²) in [6, 6.07) is 15.3. The highest BCUT2D eigenvalue weighted by molar-refractivity contribution is 5.95. The number of nitrogen functional groups attached to an aromatic ring is 1. The minimum atomic E-state index is -0.0807. The molecule has 1 fully saturated rings. The molecule has 5 heteroatoms.